The summed E-state index contributed by atoms with van der Waals surface area (Å²) >= 11 is 0. The van der Waals surface area contributed by atoms with Crippen molar-refractivity contribution < 1.29 is 9.53 Å². The second-order valence-electron chi connectivity index (χ2n) is 8.02. The summed E-state index contributed by atoms with van der Waals surface area (Å²) < 4.78 is 8.74. The van der Waals surface area contributed by atoms with Gasteiger partial charge in [0.15, 0.2) is 0 Å². The Morgan fingerprint density at radius 2 is 1.89 bits per heavy atom. The number of rotatable bonds is 7. The Morgan fingerprint density at radius 1 is 1.03 bits per heavy atom. The first-order chi connectivity index (χ1) is 17.1. The zero-order valence-corrected chi connectivity index (χ0v) is 19.3. The van der Waals surface area contributed by atoms with Gasteiger partial charge < -0.3 is 10.1 Å². The standard InChI is InChI=1S/C26H23N7O2/c1-18-13-21(11-12-24(18)33-17-27-30-31-33)28-26(34)23-16-32(15-19-7-4-3-5-8-19)29-25(23)20-9-6-10-22(14-20)35-2/h3-14,16-17H,15H2,1-2H3,(H,28,34). The number of carbonyl (C=O) groups is 1. The fraction of sp³-hybridized carbons (Fsp3) is 0.115. The third kappa shape index (κ3) is 4.79. The number of carbonyl (C=O) groups excluding carboxylic acids is 1. The first-order valence-electron chi connectivity index (χ1n) is 11.0. The minimum absolute atomic E-state index is 0.253. The molecule has 0 aliphatic rings. The number of tetrazole rings is 1. The Bertz CT molecular complexity index is 1460. The van der Waals surface area contributed by atoms with Crippen LogP contribution in [0.3, 0.4) is 0 Å². The molecule has 0 spiro atoms. The van der Waals surface area contributed by atoms with Gasteiger partial charge >= 0.3 is 0 Å². The summed E-state index contributed by atoms with van der Waals surface area (Å²) in [6.07, 6.45) is 3.31. The van der Waals surface area contributed by atoms with Gasteiger partial charge in [-0.05, 0) is 58.8 Å². The molecule has 0 unspecified atom stereocenters. The van der Waals surface area contributed by atoms with Crippen LogP contribution in [0.4, 0.5) is 5.69 Å². The molecule has 0 aliphatic carbocycles. The Labute approximate surface area is 202 Å². The van der Waals surface area contributed by atoms with Crippen molar-refractivity contribution in [1.82, 2.24) is 30.0 Å². The van der Waals surface area contributed by atoms with E-state index in [1.165, 1.54) is 6.33 Å². The second kappa shape index (κ2) is 9.60. The van der Waals surface area contributed by atoms with Crippen molar-refractivity contribution in [2.45, 2.75) is 13.5 Å². The smallest absolute Gasteiger partial charge is 0.259 e. The van der Waals surface area contributed by atoms with Crippen molar-refractivity contribution >= 4 is 11.6 Å². The molecule has 2 heterocycles. The third-order valence-electron chi connectivity index (χ3n) is 5.59. The predicted molar refractivity (Wildman–Crippen MR) is 132 cm³/mol. The summed E-state index contributed by atoms with van der Waals surface area (Å²) in [6.45, 7) is 2.48. The number of anilines is 1. The van der Waals surface area contributed by atoms with E-state index in [1.807, 2.05) is 79.7 Å². The van der Waals surface area contributed by atoms with Crippen LogP contribution in [0.2, 0.25) is 0 Å². The summed E-state index contributed by atoms with van der Waals surface area (Å²) in [6, 6.07) is 23.1. The number of methoxy groups -OCH3 is 1. The number of nitrogens with zero attached hydrogens (tertiary/aromatic N) is 6. The maximum atomic E-state index is 13.4. The van der Waals surface area contributed by atoms with Crippen molar-refractivity contribution in [3.05, 3.63) is 102 Å². The average molecular weight is 466 g/mol. The lowest BCUT2D eigenvalue weighted by Crippen LogP contribution is -2.13. The Hall–Kier alpha value is -4.79. The number of aryl methyl sites for hydroxylation is 1. The first-order valence-corrected chi connectivity index (χ1v) is 11.0. The van der Waals surface area contributed by atoms with E-state index < -0.39 is 0 Å². The molecular formula is C26H23N7O2. The lowest BCUT2D eigenvalue weighted by atomic mass is 10.1. The quantitative estimate of drug-likeness (QED) is 0.388. The number of ether oxygens (including phenoxy) is 1. The molecule has 174 valence electrons. The van der Waals surface area contributed by atoms with E-state index in [0.29, 0.717) is 29.2 Å². The minimum Gasteiger partial charge on any atom is -0.497 e. The Balaban J connectivity index is 1.47. The summed E-state index contributed by atoms with van der Waals surface area (Å²) in [5.74, 6) is 0.442. The first kappa shape index (κ1) is 22.0. The zero-order chi connectivity index (χ0) is 24.2. The predicted octanol–water partition coefficient (Wildman–Crippen LogP) is 4.14. The van der Waals surface area contributed by atoms with Crippen LogP contribution in [0.15, 0.2) is 85.3 Å². The largest absolute Gasteiger partial charge is 0.497 e. The Morgan fingerprint density at radius 3 is 2.63 bits per heavy atom. The van der Waals surface area contributed by atoms with Gasteiger partial charge in [0.2, 0.25) is 0 Å². The molecule has 5 rings (SSSR count). The van der Waals surface area contributed by atoms with E-state index >= 15 is 0 Å². The third-order valence-corrected chi connectivity index (χ3v) is 5.59. The molecule has 9 nitrogen and oxygen atoms in total. The van der Waals surface area contributed by atoms with E-state index in [0.717, 1.165) is 22.4 Å². The van der Waals surface area contributed by atoms with Gasteiger partial charge in [0.05, 0.1) is 24.9 Å². The van der Waals surface area contributed by atoms with Crippen LogP contribution in [0.1, 0.15) is 21.5 Å². The molecule has 5 aromatic rings. The summed E-state index contributed by atoms with van der Waals surface area (Å²) in [4.78, 5) is 13.4. The molecule has 0 saturated heterocycles. The van der Waals surface area contributed by atoms with Gasteiger partial charge in [0, 0.05) is 17.4 Å². The van der Waals surface area contributed by atoms with Crippen LogP contribution in [0, 0.1) is 6.92 Å². The van der Waals surface area contributed by atoms with Crippen LogP contribution in [-0.2, 0) is 6.54 Å². The minimum atomic E-state index is -0.253. The molecule has 9 heteroatoms. The zero-order valence-electron chi connectivity index (χ0n) is 19.3. The maximum Gasteiger partial charge on any atom is 0.259 e. The fourth-order valence-electron chi connectivity index (χ4n) is 3.88. The molecule has 3 aromatic carbocycles. The van der Waals surface area contributed by atoms with Crippen molar-refractivity contribution in [2.75, 3.05) is 12.4 Å². The highest BCUT2D eigenvalue weighted by Gasteiger charge is 2.19. The summed E-state index contributed by atoms with van der Waals surface area (Å²) in [5, 5.41) is 19.0. The monoisotopic (exact) mass is 465 g/mol. The van der Waals surface area contributed by atoms with Crippen molar-refractivity contribution in [1.29, 1.82) is 0 Å². The molecular weight excluding hydrogens is 442 g/mol. The molecule has 0 radical (unpaired) electrons. The topological polar surface area (TPSA) is 99.8 Å². The molecule has 0 atom stereocenters. The molecule has 1 amide bonds. The molecule has 0 aliphatic heterocycles. The van der Waals surface area contributed by atoms with Gasteiger partial charge in [0.1, 0.15) is 17.8 Å². The second-order valence-corrected chi connectivity index (χ2v) is 8.02. The fourth-order valence-corrected chi connectivity index (χ4v) is 3.88. The van der Waals surface area contributed by atoms with E-state index in [9.17, 15) is 4.79 Å². The van der Waals surface area contributed by atoms with Gasteiger partial charge in [-0.15, -0.1) is 5.10 Å². The summed E-state index contributed by atoms with van der Waals surface area (Å²) in [5.41, 5.74) is 5.36. The molecule has 0 fully saturated rings. The maximum absolute atomic E-state index is 13.4. The number of nitrogens with one attached hydrogen (secondary N) is 1. The highest BCUT2D eigenvalue weighted by Crippen LogP contribution is 2.27. The van der Waals surface area contributed by atoms with E-state index in [-0.39, 0.29) is 5.91 Å². The molecule has 1 N–H and O–H groups in total. The lowest BCUT2D eigenvalue weighted by molar-refractivity contribution is 0.102. The van der Waals surface area contributed by atoms with Gasteiger partial charge in [0.25, 0.3) is 5.91 Å². The van der Waals surface area contributed by atoms with Gasteiger partial charge in [-0.25, -0.2) is 4.68 Å². The number of amides is 1. The SMILES string of the molecule is COc1cccc(-c2nn(Cc3ccccc3)cc2C(=O)Nc2ccc(-n3cnnn3)c(C)c2)c1. The van der Waals surface area contributed by atoms with E-state index in [4.69, 9.17) is 9.84 Å². The number of aromatic nitrogens is 6. The number of benzene rings is 3. The highest BCUT2D eigenvalue weighted by atomic mass is 16.5. The molecule has 0 bridgehead atoms. The highest BCUT2D eigenvalue weighted by molar-refractivity contribution is 6.08. The van der Waals surface area contributed by atoms with Crippen LogP contribution in [0.5, 0.6) is 5.75 Å². The number of hydrogen-bond donors (Lipinski definition) is 1. The van der Waals surface area contributed by atoms with Gasteiger partial charge in [-0.2, -0.15) is 5.10 Å². The average Bonchev–Trinajstić information content (AvgIpc) is 3.55. The van der Waals surface area contributed by atoms with E-state index in [2.05, 4.69) is 20.8 Å². The van der Waals surface area contributed by atoms with Crippen molar-refractivity contribution in [3.8, 4) is 22.7 Å². The van der Waals surface area contributed by atoms with Gasteiger partial charge in [-0.3, -0.25) is 9.48 Å². The molecule has 0 saturated carbocycles. The van der Waals surface area contributed by atoms with Crippen molar-refractivity contribution in [2.24, 2.45) is 0 Å². The lowest BCUT2D eigenvalue weighted by Gasteiger charge is -2.09. The van der Waals surface area contributed by atoms with Crippen LogP contribution < -0.4 is 10.1 Å². The van der Waals surface area contributed by atoms with Crippen molar-refractivity contribution in [3.63, 3.8) is 0 Å². The molecule has 2 aromatic heterocycles. The van der Waals surface area contributed by atoms with Crippen LogP contribution >= 0.6 is 0 Å². The van der Waals surface area contributed by atoms with E-state index in [1.54, 1.807) is 22.7 Å². The van der Waals surface area contributed by atoms with Crippen LogP contribution in [-0.4, -0.2) is 43.0 Å². The summed E-state index contributed by atoms with van der Waals surface area (Å²) in [7, 11) is 1.61. The van der Waals surface area contributed by atoms with Gasteiger partial charge in [-0.1, -0.05) is 42.5 Å². The van der Waals surface area contributed by atoms with Crippen LogP contribution in [0.25, 0.3) is 16.9 Å². The molecule has 35 heavy (non-hydrogen) atoms. The number of hydrogen-bond acceptors (Lipinski definition) is 6. The Kier molecular flexibility index (Phi) is 6.04. The normalized spacial score (nSPS) is 10.8.